The molecular weight excluding hydrogens is 216 g/mol. The van der Waals surface area contributed by atoms with Crippen LogP contribution in [0.3, 0.4) is 0 Å². The van der Waals surface area contributed by atoms with E-state index in [-0.39, 0.29) is 0 Å². The molecule has 17 heavy (non-hydrogen) atoms. The van der Waals surface area contributed by atoms with Gasteiger partial charge >= 0.3 is 5.97 Å². The van der Waals surface area contributed by atoms with Crippen LogP contribution in [-0.4, -0.2) is 23.3 Å². The van der Waals surface area contributed by atoms with Crippen molar-refractivity contribution in [1.29, 1.82) is 0 Å². The van der Waals surface area contributed by atoms with Gasteiger partial charge in [-0.15, -0.1) is 0 Å². The van der Waals surface area contributed by atoms with Crippen molar-refractivity contribution in [3.05, 3.63) is 0 Å². The highest BCUT2D eigenvalue weighted by Crippen LogP contribution is 2.39. The smallest absolute Gasteiger partial charge is 0.335 e. The van der Waals surface area contributed by atoms with E-state index in [4.69, 9.17) is 9.84 Å². The molecular formula is C14H26O3. The maximum atomic E-state index is 10.9. The molecule has 3 heteroatoms. The standard InChI is InChI=1S/C14H26O3/c1-13(2)8-5-6-11(10-13)7-9-17-14(3,4)12(15)16/h11H,5-10H2,1-4H3,(H,15,16). The van der Waals surface area contributed by atoms with Crippen molar-refractivity contribution in [3.8, 4) is 0 Å². The Morgan fingerprint density at radius 3 is 2.65 bits per heavy atom. The zero-order valence-corrected chi connectivity index (χ0v) is 11.6. The van der Waals surface area contributed by atoms with Gasteiger partial charge in [0.05, 0.1) is 0 Å². The molecule has 0 bridgehead atoms. The second kappa shape index (κ2) is 5.38. The van der Waals surface area contributed by atoms with Gasteiger partial charge in [0.25, 0.3) is 0 Å². The monoisotopic (exact) mass is 242 g/mol. The second-order valence-electron chi connectivity index (χ2n) is 6.58. The summed E-state index contributed by atoms with van der Waals surface area (Å²) in [4.78, 5) is 10.9. The molecule has 0 spiro atoms. The van der Waals surface area contributed by atoms with Crippen molar-refractivity contribution < 1.29 is 14.6 Å². The maximum Gasteiger partial charge on any atom is 0.335 e. The van der Waals surface area contributed by atoms with Gasteiger partial charge in [-0.25, -0.2) is 4.79 Å². The molecule has 1 unspecified atom stereocenters. The van der Waals surface area contributed by atoms with Crippen LogP contribution in [0.15, 0.2) is 0 Å². The van der Waals surface area contributed by atoms with Crippen molar-refractivity contribution in [2.45, 2.75) is 65.4 Å². The van der Waals surface area contributed by atoms with Crippen molar-refractivity contribution in [2.24, 2.45) is 11.3 Å². The third-order valence-electron chi connectivity index (χ3n) is 3.81. The van der Waals surface area contributed by atoms with Gasteiger partial charge in [-0.05, 0) is 44.4 Å². The number of carboxylic acids is 1. The summed E-state index contributed by atoms with van der Waals surface area (Å²) in [5.74, 6) is -0.190. The minimum absolute atomic E-state index is 0.450. The van der Waals surface area contributed by atoms with Crippen molar-refractivity contribution in [3.63, 3.8) is 0 Å². The highest BCUT2D eigenvalue weighted by Gasteiger charge is 2.30. The van der Waals surface area contributed by atoms with Gasteiger partial charge in [-0.2, -0.15) is 0 Å². The highest BCUT2D eigenvalue weighted by molar-refractivity contribution is 5.76. The average Bonchev–Trinajstić information content (AvgIpc) is 2.15. The van der Waals surface area contributed by atoms with Crippen LogP contribution < -0.4 is 0 Å². The van der Waals surface area contributed by atoms with E-state index in [1.807, 2.05) is 0 Å². The molecule has 0 aromatic rings. The Balaban J connectivity index is 2.30. The van der Waals surface area contributed by atoms with Gasteiger partial charge in [0.2, 0.25) is 0 Å². The lowest BCUT2D eigenvalue weighted by molar-refractivity contribution is -0.161. The minimum Gasteiger partial charge on any atom is -0.479 e. The zero-order chi connectivity index (χ0) is 13.1. The van der Waals surface area contributed by atoms with Gasteiger partial charge in [0.15, 0.2) is 5.60 Å². The van der Waals surface area contributed by atoms with Gasteiger partial charge in [0.1, 0.15) is 0 Å². The van der Waals surface area contributed by atoms with E-state index in [9.17, 15) is 4.79 Å². The molecule has 100 valence electrons. The van der Waals surface area contributed by atoms with Crippen molar-refractivity contribution in [2.75, 3.05) is 6.61 Å². The summed E-state index contributed by atoms with van der Waals surface area (Å²) in [6.45, 7) is 8.42. The van der Waals surface area contributed by atoms with E-state index in [0.29, 0.717) is 17.9 Å². The molecule has 0 aromatic carbocycles. The first kappa shape index (κ1) is 14.5. The molecule has 3 nitrogen and oxygen atoms in total. The lowest BCUT2D eigenvalue weighted by atomic mass is 9.71. The lowest BCUT2D eigenvalue weighted by Gasteiger charge is -2.35. The Hall–Kier alpha value is -0.570. The fourth-order valence-corrected chi connectivity index (χ4v) is 2.64. The van der Waals surface area contributed by atoms with Crippen LogP contribution in [0.4, 0.5) is 0 Å². The fraction of sp³-hybridized carbons (Fsp3) is 0.929. The van der Waals surface area contributed by atoms with Gasteiger partial charge in [-0.1, -0.05) is 26.7 Å². The summed E-state index contributed by atoms with van der Waals surface area (Å²) in [6, 6.07) is 0. The predicted octanol–water partition coefficient (Wildman–Crippen LogP) is 3.47. The molecule has 0 radical (unpaired) electrons. The normalized spacial score (nSPS) is 24.6. The van der Waals surface area contributed by atoms with E-state index in [1.165, 1.54) is 25.7 Å². The molecule has 0 heterocycles. The topological polar surface area (TPSA) is 46.5 Å². The number of carbonyl (C=O) groups is 1. The van der Waals surface area contributed by atoms with E-state index < -0.39 is 11.6 Å². The Morgan fingerprint density at radius 2 is 2.12 bits per heavy atom. The molecule has 1 fully saturated rings. The van der Waals surface area contributed by atoms with Gasteiger partial charge in [-0.3, -0.25) is 0 Å². The van der Waals surface area contributed by atoms with Crippen LogP contribution >= 0.6 is 0 Å². The Morgan fingerprint density at radius 1 is 1.47 bits per heavy atom. The summed E-state index contributed by atoms with van der Waals surface area (Å²) in [6.07, 6.45) is 6.09. The van der Waals surface area contributed by atoms with Crippen LogP contribution in [0.2, 0.25) is 0 Å². The number of hydrogen-bond acceptors (Lipinski definition) is 2. The van der Waals surface area contributed by atoms with Gasteiger partial charge in [0, 0.05) is 6.61 Å². The summed E-state index contributed by atoms with van der Waals surface area (Å²) in [5.41, 5.74) is -0.602. The molecule has 1 aliphatic carbocycles. The third-order valence-corrected chi connectivity index (χ3v) is 3.81. The molecule has 1 aliphatic rings. The van der Waals surface area contributed by atoms with Crippen molar-refractivity contribution in [1.82, 2.24) is 0 Å². The molecule has 1 saturated carbocycles. The second-order valence-corrected chi connectivity index (χ2v) is 6.58. The summed E-state index contributed by atoms with van der Waals surface area (Å²) < 4.78 is 5.46. The van der Waals surface area contributed by atoms with Crippen LogP contribution in [0.5, 0.6) is 0 Å². The third kappa shape index (κ3) is 4.66. The summed E-state index contributed by atoms with van der Waals surface area (Å²) in [7, 11) is 0. The molecule has 1 atom stereocenters. The number of rotatable bonds is 5. The zero-order valence-electron chi connectivity index (χ0n) is 11.6. The van der Waals surface area contributed by atoms with Crippen LogP contribution in [0.1, 0.15) is 59.8 Å². The molecule has 0 amide bonds. The first-order valence-corrected chi connectivity index (χ1v) is 6.60. The molecule has 1 N–H and O–H groups in total. The largest absolute Gasteiger partial charge is 0.479 e. The fourth-order valence-electron chi connectivity index (χ4n) is 2.64. The minimum atomic E-state index is -1.05. The van der Waals surface area contributed by atoms with Crippen LogP contribution in [-0.2, 0) is 9.53 Å². The van der Waals surface area contributed by atoms with Gasteiger partial charge < -0.3 is 9.84 Å². The van der Waals surface area contributed by atoms with Crippen LogP contribution in [0, 0.1) is 11.3 Å². The summed E-state index contributed by atoms with van der Waals surface area (Å²) >= 11 is 0. The number of aliphatic carboxylic acids is 1. The molecule has 0 aromatic heterocycles. The molecule has 0 saturated heterocycles. The highest BCUT2D eigenvalue weighted by atomic mass is 16.5. The first-order valence-electron chi connectivity index (χ1n) is 6.60. The van der Waals surface area contributed by atoms with Crippen molar-refractivity contribution >= 4 is 5.97 Å². The first-order chi connectivity index (χ1) is 7.73. The quantitative estimate of drug-likeness (QED) is 0.803. The Bertz CT molecular complexity index is 269. The van der Waals surface area contributed by atoms with E-state index in [0.717, 1.165) is 6.42 Å². The number of ether oxygens (including phenoxy) is 1. The van der Waals surface area contributed by atoms with E-state index >= 15 is 0 Å². The lowest BCUT2D eigenvalue weighted by Crippen LogP contribution is -2.35. The SMILES string of the molecule is CC1(C)CCCC(CCOC(C)(C)C(=O)O)C1. The molecule has 1 rings (SSSR count). The predicted molar refractivity (Wildman–Crippen MR) is 68.0 cm³/mol. The number of carboxylic acid groups (broad SMARTS) is 1. The molecule has 0 aliphatic heterocycles. The number of hydrogen-bond donors (Lipinski definition) is 1. The average molecular weight is 242 g/mol. The Kier molecular flexibility index (Phi) is 4.59. The maximum absolute atomic E-state index is 10.9. The Labute approximate surface area is 105 Å². The van der Waals surface area contributed by atoms with E-state index in [2.05, 4.69) is 13.8 Å². The van der Waals surface area contributed by atoms with Crippen LogP contribution in [0.25, 0.3) is 0 Å². The van der Waals surface area contributed by atoms with E-state index in [1.54, 1.807) is 13.8 Å². The summed E-state index contributed by atoms with van der Waals surface area (Å²) in [5, 5.41) is 8.94.